The molecule has 0 radical (unpaired) electrons. The first kappa shape index (κ1) is 20.2. The number of amides is 1. The van der Waals surface area contributed by atoms with Gasteiger partial charge in [0.15, 0.2) is 10.6 Å². The van der Waals surface area contributed by atoms with Gasteiger partial charge in [0, 0.05) is 22.5 Å². The quantitative estimate of drug-likeness (QED) is 0.614. The fourth-order valence-electron chi connectivity index (χ4n) is 3.87. The predicted molar refractivity (Wildman–Crippen MR) is 122 cm³/mol. The van der Waals surface area contributed by atoms with Crippen molar-refractivity contribution in [3.8, 4) is 5.75 Å². The summed E-state index contributed by atoms with van der Waals surface area (Å²) in [4.78, 5) is 44.8. The number of benzene rings is 2. The van der Waals surface area contributed by atoms with Gasteiger partial charge in [0.1, 0.15) is 23.6 Å². The summed E-state index contributed by atoms with van der Waals surface area (Å²) >= 11 is 1.22. The smallest absolute Gasteiger partial charge is 0.272 e. The van der Waals surface area contributed by atoms with Crippen LogP contribution < -0.4 is 29.8 Å². The van der Waals surface area contributed by atoms with Gasteiger partial charge >= 0.3 is 0 Å². The summed E-state index contributed by atoms with van der Waals surface area (Å²) in [5, 5.41) is 2.83. The number of nitrogens with zero attached hydrogens (tertiary/aromatic N) is 3. The Morgan fingerprint density at radius 3 is 2.84 bits per heavy atom. The van der Waals surface area contributed by atoms with Crippen LogP contribution in [-0.4, -0.2) is 29.5 Å². The van der Waals surface area contributed by atoms with Crippen LogP contribution in [0.2, 0.25) is 0 Å². The molecule has 0 atom stereocenters. The topological polar surface area (TPSA) is 93.0 Å². The van der Waals surface area contributed by atoms with Crippen molar-refractivity contribution in [2.24, 2.45) is 4.99 Å². The van der Waals surface area contributed by atoms with E-state index in [4.69, 9.17) is 4.74 Å². The number of hydrogen-bond donors (Lipinski definition) is 1. The maximum atomic E-state index is 13.3. The fourth-order valence-corrected chi connectivity index (χ4v) is 4.93. The molecule has 162 valence electrons. The van der Waals surface area contributed by atoms with Gasteiger partial charge in [-0.25, -0.2) is 4.99 Å². The normalized spacial score (nSPS) is 16.2. The highest BCUT2D eigenvalue weighted by Crippen LogP contribution is 2.33. The maximum Gasteiger partial charge on any atom is 0.272 e. The molecule has 2 aliphatic heterocycles. The number of nitrogens with one attached hydrogen (secondary N) is 1. The first-order chi connectivity index (χ1) is 15.5. The number of rotatable bonds is 4. The molecule has 0 fully saturated rings. The average Bonchev–Trinajstić information content (AvgIpc) is 3.29. The molecule has 0 unspecified atom stereocenters. The Bertz CT molecular complexity index is 1450. The number of carbonyl (C=O) groups is 2. The minimum atomic E-state index is -0.309. The third-order valence-corrected chi connectivity index (χ3v) is 6.56. The lowest BCUT2D eigenvalue weighted by Gasteiger charge is -2.25. The van der Waals surface area contributed by atoms with E-state index in [1.54, 1.807) is 34.9 Å². The van der Waals surface area contributed by atoms with E-state index in [1.165, 1.54) is 18.3 Å². The number of ether oxygens (including phenoxy) is 1. The van der Waals surface area contributed by atoms with Crippen molar-refractivity contribution in [3.63, 3.8) is 0 Å². The van der Waals surface area contributed by atoms with Crippen molar-refractivity contribution < 1.29 is 14.3 Å². The van der Waals surface area contributed by atoms with Gasteiger partial charge in [-0.3, -0.25) is 19.0 Å². The Morgan fingerprint density at radius 1 is 1.22 bits per heavy atom. The molecule has 0 saturated carbocycles. The molecule has 2 aliphatic rings. The summed E-state index contributed by atoms with van der Waals surface area (Å²) in [5.41, 5.74) is 2.81. The Balaban J connectivity index is 1.60. The lowest BCUT2D eigenvalue weighted by atomic mass is 10.1. The van der Waals surface area contributed by atoms with Crippen molar-refractivity contribution >= 4 is 40.0 Å². The molecule has 9 heteroatoms. The van der Waals surface area contributed by atoms with Crippen LogP contribution in [0.15, 0.2) is 52.3 Å². The van der Waals surface area contributed by atoms with Crippen LogP contribution in [0.3, 0.4) is 0 Å². The zero-order valence-electron chi connectivity index (χ0n) is 17.5. The first-order valence-corrected chi connectivity index (χ1v) is 11.0. The number of fused-ring (bicyclic) bond motifs is 2. The average molecular weight is 449 g/mol. The van der Waals surface area contributed by atoms with E-state index in [-0.39, 0.29) is 23.9 Å². The van der Waals surface area contributed by atoms with Gasteiger partial charge in [-0.05, 0) is 44.2 Å². The SMILES string of the molecule is CCOc1ccc2c(c1)/C(=c1/sc3n(c1=O)CN(c1cccc(C(C)=O)c1)CN=3)C(=O)N2. The number of ketones is 1. The molecule has 32 heavy (non-hydrogen) atoms. The van der Waals surface area contributed by atoms with E-state index < -0.39 is 0 Å². The molecule has 0 saturated heterocycles. The van der Waals surface area contributed by atoms with Gasteiger partial charge in [0.05, 0.1) is 12.2 Å². The number of Topliss-reactive ketones (excluding diaryl/α,β-unsaturated/α-hetero) is 1. The van der Waals surface area contributed by atoms with Crippen LogP contribution in [-0.2, 0) is 11.5 Å². The third kappa shape index (κ3) is 3.31. The zero-order chi connectivity index (χ0) is 22.4. The van der Waals surface area contributed by atoms with Crippen molar-refractivity contribution in [1.82, 2.24) is 4.57 Å². The Labute approximate surface area is 187 Å². The molecule has 1 aromatic heterocycles. The van der Waals surface area contributed by atoms with Gasteiger partial charge < -0.3 is 15.0 Å². The van der Waals surface area contributed by atoms with Crippen LogP contribution in [0.1, 0.15) is 29.8 Å². The molecular formula is C23H20N4O4S. The summed E-state index contributed by atoms with van der Waals surface area (Å²) in [6.45, 7) is 4.56. The number of thiazole rings is 1. The van der Waals surface area contributed by atoms with Gasteiger partial charge in [0.25, 0.3) is 11.5 Å². The molecular weight excluding hydrogens is 428 g/mol. The number of aromatic nitrogens is 1. The highest BCUT2D eigenvalue weighted by Gasteiger charge is 2.28. The standard InChI is InChI=1S/C23H20N4O4S/c1-3-31-16-7-8-18-17(10-16)19(21(29)25-18)20-22(30)27-12-26(11-24-23(27)32-20)15-6-4-5-14(9-15)13(2)28/h4-10H,3,11-12H2,1-2H3,(H,25,29)/b20-19-. The molecule has 1 N–H and O–H groups in total. The fraction of sp³-hybridized carbons (Fsp3) is 0.217. The summed E-state index contributed by atoms with van der Waals surface area (Å²) < 4.78 is 7.49. The van der Waals surface area contributed by atoms with Crippen molar-refractivity contribution in [3.05, 3.63) is 73.3 Å². The molecule has 3 heterocycles. The summed E-state index contributed by atoms with van der Waals surface area (Å²) in [7, 11) is 0. The molecule has 0 aliphatic carbocycles. The molecule has 8 nitrogen and oxygen atoms in total. The Morgan fingerprint density at radius 2 is 2.06 bits per heavy atom. The highest BCUT2D eigenvalue weighted by atomic mass is 32.1. The van der Waals surface area contributed by atoms with E-state index in [1.807, 2.05) is 24.0 Å². The Hall–Kier alpha value is -3.72. The second kappa shape index (κ2) is 7.76. The third-order valence-electron chi connectivity index (χ3n) is 5.44. The van der Waals surface area contributed by atoms with E-state index in [9.17, 15) is 14.4 Å². The van der Waals surface area contributed by atoms with Crippen molar-refractivity contribution in [2.75, 3.05) is 23.5 Å². The van der Waals surface area contributed by atoms with Crippen LogP contribution >= 0.6 is 11.3 Å². The van der Waals surface area contributed by atoms with Gasteiger partial charge in [0.2, 0.25) is 0 Å². The van der Waals surface area contributed by atoms with Crippen LogP contribution in [0.25, 0.3) is 5.57 Å². The summed E-state index contributed by atoms with van der Waals surface area (Å²) in [5.74, 6) is 0.309. The number of anilines is 2. The second-order valence-electron chi connectivity index (χ2n) is 7.50. The van der Waals surface area contributed by atoms with Gasteiger partial charge in [-0.15, -0.1) is 0 Å². The molecule has 1 amide bonds. The van der Waals surface area contributed by atoms with Gasteiger partial charge in [-0.1, -0.05) is 23.5 Å². The molecule has 5 rings (SSSR count). The van der Waals surface area contributed by atoms with Crippen molar-refractivity contribution in [2.45, 2.75) is 20.5 Å². The Kier molecular flexibility index (Phi) is 4.90. The van der Waals surface area contributed by atoms with Crippen LogP contribution in [0, 0.1) is 0 Å². The lowest BCUT2D eigenvalue weighted by molar-refractivity contribution is -0.110. The maximum absolute atomic E-state index is 13.3. The predicted octanol–water partition coefficient (Wildman–Crippen LogP) is 1.72. The molecule has 0 spiro atoms. The molecule has 2 aromatic carbocycles. The van der Waals surface area contributed by atoms with Crippen molar-refractivity contribution in [1.29, 1.82) is 0 Å². The monoisotopic (exact) mass is 448 g/mol. The molecule has 0 bridgehead atoms. The largest absolute Gasteiger partial charge is 0.494 e. The van der Waals surface area contributed by atoms with E-state index in [0.29, 0.717) is 50.7 Å². The zero-order valence-corrected chi connectivity index (χ0v) is 18.4. The van der Waals surface area contributed by atoms with E-state index in [2.05, 4.69) is 10.3 Å². The summed E-state index contributed by atoms with van der Waals surface area (Å²) in [6.07, 6.45) is 0. The number of carbonyl (C=O) groups excluding carboxylic acids is 2. The minimum absolute atomic E-state index is 0.0230. The second-order valence-corrected chi connectivity index (χ2v) is 8.48. The minimum Gasteiger partial charge on any atom is -0.494 e. The molecule has 3 aromatic rings. The van der Waals surface area contributed by atoms with Crippen LogP contribution in [0.5, 0.6) is 5.75 Å². The van der Waals surface area contributed by atoms with Crippen LogP contribution in [0.4, 0.5) is 11.4 Å². The summed E-state index contributed by atoms with van der Waals surface area (Å²) in [6, 6.07) is 12.6. The van der Waals surface area contributed by atoms with E-state index >= 15 is 0 Å². The lowest BCUT2D eigenvalue weighted by Crippen LogP contribution is -2.43. The first-order valence-electron chi connectivity index (χ1n) is 10.2. The van der Waals surface area contributed by atoms with Gasteiger partial charge in [-0.2, -0.15) is 0 Å². The number of hydrogen-bond acceptors (Lipinski definition) is 7. The highest BCUT2D eigenvalue weighted by molar-refractivity contribution is 7.07. The van der Waals surface area contributed by atoms with E-state index in [0.717, 1.165) is 5.69 Å².